The van der Waals surface area contributed by atoms with Gasteiger partial charge in [-0.15, -0.1) is 12.4 Å². The van der Waals surface area contributed by atoms with E-state index in [0.29, 0.717) is 6.54 Å². The van der Waals surface area contributed by atoms with Crippen LogP contribution in [0.15, 0.2) is 12.1 Å². The maximum atomic E-state index is 11.7. The van der Waals surface area contributed by atoms with Gasteiger partial charge in [-0.05, 0) is 25.0 Å². The van der Waals surface area contributed by atoms with Gasteiger partial charge in [-0.2, -0.15) is 0 Å². The summed E-state index contributed by atoms with van der Waals surface area (Å²) in [7, 11) is 3.29. The Labute approximate surface area is 111 Å². The third-order valence-corrected chi connectivity index (χ3v) is 2.58. The Kier molecular flexibility index (Phi) is 6.35. The molecule has 0 aliphatic heterocycles. The normalized spacial score (nSPS) is 11.5. The molecular weight excluding hydrogens is 260 g/mol. The molecule has 1 aromatic heterocycles. The summed E-state index contributed by atoms with van der Waals surface area (Å²) in [4.78, 5) is 21.8. The molecular formula is C10H17ClN4O3. The number of carbonyl (C=O) groups is 1. The summed E-state index contributed by atoms with van der Waals surface area (Å²) in [5.74, 6) is -0.417. The molecule has 1 unspecified atom stereocenters. The number of rotatable bonds is 5. The summed E-state index contributed by atoms with van der Waals surface area (Å²) in [6.07, 6.45) is 0. The highest BCUT2D eigenvalue weighted by molar-refractivity contribution is 5.93. The maximum Gasteiger partial charge on any atom is 0.323 e. The Morgan fingerprint density at radius 1 is 1.56 bits per heavy atom. The second-order valence-corrected chi connectivity index (χ2v) is 3.79. The number of nitrogens with one attached hydrogen (secondary N) is 2. The Bertz CT molecular complexity index is 433. The molecule has 8 heteroatoms. The minimum Gasteiger partial charge on any atom is -0.358 e. The smallest absolute Gasteiger partial charge is 0.323 e. The van der Waals surface area contributed by atoms with Gasteiger partial charge in [0.05, 0.1) is 7.05 Å². The number of nitro groups is 1. The van der Waals surface area contributed by atoms with Crippen molar-refractivity contribution in [3.8, 4) is 0 Å². The lowest BCUT2D eigenvalue weighted by Gasteiger charge is -2.10. The summed E-state index contributed by atoms with van der Waals surface area (Å²) in [6, 6.07) is 2.91. The number of carbonyl (C=O) groups excluding carboxylic acids is 1. The van der Waals surface area contributed by atoms with Crippen LogP contribution in [-0.2, 0) is 7.05 Å². The number of halogens is 1. The molecule has 1 amide bonds. The van der Waals surface area contributed by atoms with Crippen molar-refractivity contribution in [1.29, 1.82) is 0 Å². The Morgan fingerprint density at radius 3 is 2.61 bits per heavy atom. The lowest BCUT2D eigenvalue weighted by molar-refractivity contribution is -0.391. The quantitative estimate of drug-likeness (QED) is 0.612. The predicted molar refractivity (Wildman–Crippen MR) is 70.2 cm³/mol. The molecule has 0 saturated heterocycles. The molecule has 0 aromatic carbocycles. The average Bonchev–Trinajstić information content (AvgIpc) is 2.67. The van der Waals surface area contributed by atoms with E-state index in [4.69, 9.17) is 0 Å². The van der Waals surface area contributed by atoms with Crippen LogP contribution in [-0.4, -0.2) is 35.0 Å². The zero-order valence-corrected chi connectivity index (χ0v) is 11.3. The van der Waals surface area contributed by atoms with Crippen LogP contribution < -0.4 is 10.6 Å². The van der Waals surface area contributed by atoms with Gasteiger partial charge in [-0.3, -0.25) is 4.79 Å². The first-order valence-electron chi connectivity index (χ1n) is 5.23. The van der Waals surface area contributed by atoms with Crippen molar-refractivity contribution >= 4 is 24.1 Å². The van der Waals surface area contributed by atoms with E-state index in [9.17, 15) is 14.9 Å². The summed E-state index contributed by atoms with van der Waals surface area (Å²) in [5, 5.41) is 16.3. The van der Waals surface area contributed by atoms with Crippen LogP contribution in [0.1, 0.15) is 17.4 Å². The molecule has 0 aliphatic carbocycles. The maximum absolute atomic E-state index is 11.7. The third-order valence-electron chi connectivity index (χ3n) is 2.58. The fourth-order valence-electron chi connectivity index (χ4n) is 1.35. The first-order valence-corrected chi connectivity index (χ1v) is 5.23. The number of aromatic nitrogens is 1. The molecule has 18 heavy (non-hydrogen) atoms. The van der Waals surface area contributed by atoms with Gasteiger partial charge >= 0.3 is 5.82 Å². The van der Waals surface area contributed by atoms with Crippen molar-refractivity contribution < 1.29 is 9.72 Å². The van der Waals surface area contributed by atoms with E-state index in [2.05, 4.69) is 10.6 Å². The van der Waals surface area contributed by atoms with E-state index in [1.54, 1.807) is 7.05 Å². The predicted octanol–water partition coefficient (Wildman–Crippen LogP) is 0.693. The fourth-order valence-corrected chi connectivity index (χ4v) is 1.35. The fraction of sp³-hybridized carbons (Fsp3) is 0.500. The second-order valence-electron chi connectivity index (χ2n) is 3.79. The van der Waals surface area contributed by atoms with Gasteiger partial charge in [0.25, 0.3) is 5.91 Å². The lowest BCUT2D eigenvalue weighted by Crippen LogP contribution is -2.37. The average molecular weight is 277 g/mol. The van der Waals surface area contributed by atoms with E-state index in [1.807, 2.05) is 6.92 Å². The summed E-state index contributed by atoms with van der Waals surface area (Å²) < 4.78 is 1.26. The number of hydrogen-bond acceptors (Lipinski definition) is 4. The summed E-state index contributed by atoms with van der Waals surface area (Å²) in [5.41, 5.74) is 0.278. The second kappa shape index (κ2) is 6.97. The van der Waals surface area contributed by atoms with Crippen LogP contribution >= 0.6 is 12.4 Å². The van der Waals surface area contributed by atoms with Crippen molar-refractivity contribution in [3.05, 3.63) is 27.9 Å². The molecule has 7 nitrogen and oxygen atoms in total. The van der Waals surface area contributed by atoms with Gasteiger partial charge in [-0.1, -0.05) is 0 Å². The van der Waals surface area contributed by atoms with Crippen molar-refractivity contribution in [3.63, 3.8) is 0 Å². The molecule has 0 saturated carbocycles. The number of nitrogens with zero attached hydrogens (tertiary/aromatic N) is 2. The largest absolute Gasteiger partial charge is 0.358 e. The molecule has 1 aromatic rings. The molecule has 1 heterocycles. The molecule has 1 rings (SSSR count). The minimum absolute atomic E-state index is 0. The summed E-state index contributed by atoms with van der Waals surface area (Å²) >= 11 is 0. The lowest BCUT2D eigenvalue weighted by atomic mass is 10.3. The van der Waals surface area contributed by atoms with Crippen LogP contribution in [0.2, 0.25) is 0 Å². The van der Waals surface area contributed by atoms with E-state index in [-0.39, 0.29) is 35.9 Å². The first kappa shape index (κ1) is 16.4. The van der Waals surface area contributed by atoms with Gasteiger partial charge in [0.1, 0.15) is 0 Å². The van der Waals surface area contributed by atoms with Gasteiger partial charge in [0.15, 0.2) is 5.69 Å². The highest BCUT2D eigenvalue weighted by atomic mass is 35.5. The Morgan fingerprint density at radius 2 is 2.17 bits per heavy atom. The zero-order chi connectivity index (χ0) is 13.0. The Hall–Kier alpha value is -1.60. The molecule has 0 aliphatic rings. The van der Waals surface area contributed by atoms with Crippen LogP contribution in [0, 0.1) is 10.1 Å². The van der Waals surface area contributed by atoms with Gasteiger partial charge in [0, 0.05) is 18.7 Å². The zero-order valence-electron chi connectivity index (χ0n) is 10.5. The van der Waals surface area contributed by atoms with Crippen LogP contribution in [0.5, 0.6) is 0 Å². The van der Waals surface area contributed by atoms with E-state index in [0.717, 1.165) is 0 Å². The third kappa shape index (κ3) is 3.71. The molecule has 102 valence electrons. The Balaban J connectivity index is 0.00000289. The highest BCUT2D eigenvalue weighted by Gasteiger charge is 2.20. The number of hydrogen-bond donors (Lipinski definition) is 2. The van der Waals surface area contributed by atoms with Crippen LogP contribution in [0.4, 0.5) is 5.82 Å². The van der Waals surface area contributed by atoms with Crippen molar-refractivity contribution in [2.24, 2.45) is 7.05 Å². The van der Waals surface area contributed by atoms with E-state index in [1.165, 1.54) is 23.7 Å². The number of likely N-dealkylation sites (N-methyl/N-ethyl adjacent to an activating group) is 1. The molecule has 1 atom stereocenters. The van der Waals surface area contributed by atoms with Gasteiger partial charge in [-0.25, -0.2) is 4.57 Å². The van der Waals surface area contributed by atoms with Crippen LogP contribution in [0.25, 0.3) is 0 Å². The standard InChI is InChI=1S/C10H16N4O3.ClH/c1-7(11-2)6-12-10(15)8-4-5-9(13(8)3)14(16)17;/h4-5,7,11H,6H2,1-3H3,(H,12,15);1H. The first-order chi connectivity index (χ1) is 7.97. The minimum atomic E-state index is -0.521. The monoisotopic (exact) mass is 276 g/mol. The van der Waals surface area contributed by atoms with E-state index < -0.39 is 4.92 Å². The van der Waals surface area contributed by atoms with Crippen molar-refractivity contribution in [2.45, 2.75) is 13.0 Å². The number of amides is 1. The van der Waals surface area contributed by atoms with Gasteiger partial charge < -0.3 is 20.7 Å². The highest BCUT2D eigenvalue weighted by Crippen LogP contribution is 2.14. The molecule has 0 bridgehead atoms. The SMILES string of the molecule is CNC(C)CNC(=O)c1ccc([N+](=O)[O-])n1C.Cl. The van der Waals surface area contributed by atoms with Crippen molar-refractivity contribution in [2.75, 3.05) is 13.6 Å². The van der Waals surface area contributed by atoms with Gasteiger partial charge in [0.2, 0.25) is 0 Å². The van der Waals surface area contributed by atoms with E-state index >= 15 is 0 Å². The van der Waals surface area contributed by atoms with Crippen LogP contribution in [0.3, 0.4) is 0 Å². The van der Waals surface area contributed by atoms with Crippen molar-refractivity contribution in [1.82, 2.24) is 15.2 Å². The summed E-state index contributed by atoms with van der Waals surface area (Å²) in [6.45, 7) is 2.39. The molecule has 0 spiro atoms. The molecule has 0 fully saturated rings. The topological polar surface area (TPSA) is 89.2 Å². The molecule has 2 N–H and O–H groups in total. The molecule has 0 radical (unpaired) electrons.